The number of ether oxygens (including phenoxy) is 2. The first-order chi connectivity index (χ1) is 14.0. The highest BCUT2D eigenvalue weighted by Crippen LogP contribution is 2.32. The molecule has 0 spiro atoms. The van der Waals surface area contributed by atoms with Gasteiger partial charge in [-0.25, -0.2) is 9.07 Å². The van der Waals surface area contributed by atoms with E-state index in [9.17, 15) is 14.0 Å². The lowest BCUT2D eigenvalue weighted by atomic mass is 10.1. The summed E-state index contributed by atoms with van der Waals surface area (Å²) in [6.45, 7) is -0.391. The zero-order valence-corrected chi connectivity index (χ0v) is 15.5. The number of nitrogens with one attached hydrogen (secondary N) is 2. The van der Waals surface area contributed by atoms with Crippen LogP contribution in [-0.2, 0) is 11.3 Å². The Bertz CT molecular complexity index is 1300. The molecule has 29 heavy (non-hydrogen) atoms. The number of hydrogen-bond donors (Lipinski definition) is 2. The SMILES string of the molecule is COc1ccc2cnn(CC(=O)Nc3n[nH]c4cccc(F)c34)c(=O)c2c1OC. The molecule has 0 fully saturated rings. The molecule has 2 aromatic carbocycles. The minimum absolute atomic E-state index is 0.0381. The summed E-state index contributed by atoms with van der Waals surface area (Å²) in [7, 11) is 2.88. The lowest BCUT2D eigenvalue weighted by molar-refractivity contribution is -0.117. The summed E-state index contributed by atoms with van der Waals surface area (Å²) in [4.78, 5) is 25.3. The number of aromatic amines is 1. The van der Waals surface area contributed by atoms with Gasteiger partial charge in [0.25, 0.3) is 5.56 Å². The lowest BCUT2D eigenvalue weighted by Crippen LogP contribution is -2.30. The Morgan fingerprint density at radius 3 is 2.79 bits per heavy atom. The number of methoxy groups -OCH3 is 2. The van der Waals surface area contributed by atoms with Crippen LogP contribution in [0.4, 0.5) is 10.2 Å². The zero-order chi connectivity index (χ0) is 20.5. The minimum atomic E-state index is -0.586. The van der Waals surface area contributed by atoms with E-state index < -0.39 is 23.8 Å². The number of nitrogens with zero attached hydrogens (tertiary/aromatic N) is 3. The number of H-pyrrole nitrogens is 1. The summed E-state index contributed by atoms with van der Waals surface area (Å²) >= 11 is 0. The monoisotopic (exact) mass is 397 g/mol. The number of amides is 1. The average Bonchev–Trinajstić information content (AvgIpc) is 3.13. The summed E-state index contributed by atoms with van der Waals surface area (Å²) in [5.74, 6) is -0.428. The summed E-state index contributed by atoms with van der Waals surface area (Å²) in [5.41, 5.74) is -0.0791. The quantitative estimate of drug-likeness (QED) is 0.533. The Kier molecular flexibility index (Phi) is 4.59. The minimum Gasteiger partial charge on any atom is -0.493 e. The van der Waals surface area contributed by atoms with Gasteiger partial charge in [-0.05, 0) is 24.3 Å². The number of carbonyl (C=O) groups is 1. The van der Waals surface area contributed by atoms with E-state index in [0.717, 1.165) is 4.68 Å². The molecule has 148 valence electrons. The molecular formula is C19H16FN5O4. The molecule has 0 bridgehead atoms. The van der Waals surface area contributed by atoms with E-state index >= 15 is 0 Å². The first-order valence-corrected chi connectivity index (χ1v) is 8.56. The topological polar surface area (TPSA) is 111 Å². The van der Waals surface area contributed by atoms with Gasteiger partial charge in [0.1, 0.15) is 12.4 Å². The van der Waals surface area contributed by atoms with E-state index in [1.54, 1.807) is 18.2 Å². The molecule has 0 aliphatic carbocycles. The molecule has 4 rings (SSSR count). The van der Waals surface area contributed by atoms with Gasteiger partial charge in [-0.15, -0.1) is 0 Å². The smallest absolute Gasteiger partial charge is 0.279 e. The maximum absolute atomic E-state index is 14.0. The fourth-order valence-corrected chi connectivity index (χ4v) is 3.12. The van der Waals surface area contributed by atoms with Crippen LogP contribution in [0, 0.1) is 5.82 Å². The number of rotatable bonds is 5. The van der Waals surface area contributed by atoms with Crippen molar-refractivity contribution in [2.45, 2.75) is 6.54 Å². The molecule has 2 aromatic heterocycles. The van der Waals surface area contributed by atoms with Gasteiger partial charge in [0.05, 0.1) is 36.7 Å². The van der Waals surface area contributed by atoms with Gasteiger partial charge in [0, 0.05) is 5.39 Å². The highest BCUT2D eigenvalue weighted by molar-refractivity contribution is 5.99. The van der Waals surface area contributed by atoms with Crippen LogP contribution in [0.1, 0.15) is 0 Å². The summed E-state index contributed by atoms with van der Waals surface area (Å²) < 4.78 is 25.6. The largest absolute Gasteiger partial charge is 0.493 e. The summed E-state index contributed by atoms with van der Waals surface area (Å²) in [5, 5.41) is 14.0. The molecule has 2 N–H and O–H groups in total. The second-order valence-electron chi connectivity index (χ2n) is 6.16. The number of halogens is 1. The van der Waals surface area contributed by atoms with Crippen LogP contribution in [0.15, 0.2) is 41.3 Å². The number of anilines is 1. The predicted octanol–water partition coefficient (Wildman–Crippen LogP) is 2.07. The predicted molar refractivity (Wildman–Crippen MR) is 104 cm³/mol. The third-order valence-corrected chi connectivity index (χ3v) is 4.45. The second kappa shape index (κ2) is 7.23. The molecule has 10 heteroatoms. The fraction of sp³-hybridized carbons (Fsp3) is 0.158. The molecule has 0 unspecified atom stereocenters. The normalized spacial score (nSPS) is 11.0. The van der Waals surface area contributed by atoms with Gasteiger partial charge in [0.15, 0.2) is 17.3 Å². The van der Waals surface area contributed by atoms with Crippen molar-refractivity contribution in [2.24, 2.45) is 0 Å². The van der Waals surface area contributed by atoms with E-state index in [2.05, 4.69) is 20.6 Å². The van der Waals surface area contributed by atoms with E-state index in [1.165, 1.54) is 32.5 Å². The molecule has 1 amide bonds. The molecule has 0 aliphatic rings. The van der Waals surface area contributed by atoms with E-state index in [0.29, 0.717) is 16.7 Å². The molecule has 0 saturated carbocycles. The summed E-state index contributed by atoms with van der Waals surface area (Å²) in [6.07, 6.45) is 1.45. The van der Waals surface area contributed by atoms with Crippen LogP contribution in [-0.4, -0.2) is 40.1 Å². The van der Waals surface area contributed by atoms with Crippen molar-refractivity contribution in [1.82, 2.24) is 20.0 Å². The van der Waals surface area contributed by atoms with E-state index in [-0.39, 0.29) is 22.3 Å². The average molecular weight is 397 g/mol. The molecule has 0 radical (unpaired) electrons. The van der Waals surface area contributed by atoms with Crippen molar-refractivity contribution in [3.05, 3.63) is 52.7 Å². The highest BCUT2D eigenvalue weighted by Gasteiger charge is 2.17. The number of benzene rings is 2. The number of fused-ring (bicyclic) bond motifs is 2. The van der Waals surface area contributed by atoms with Crippen molar-refractivity contribution in [3.8, 4) is 11.5 Å². The first-order valence-electron chi connectivity index (χ1n) is 8.56. The molecule has 0 aliphatic heterocycles. The van der Waals surface area contributed by atoms with Gasteiger partial charge in [-0.2, -0.15) is 10.2 Å². The van der Waals surface area contributed by atoms with Crippen LogP contribution in [0.5, 0.6) is 11.5 Å². The lowest BCUT2D eigenvalue weighted by Gasteiger charge is -2.11. The Hall–Kier alpha value is -3.95. The van der Waals surface area contributed by atoms with Crippen LogP contribution in [0.2, 0.25) is 0 Å². The van der Waals surface area contributed by atoms with Gasteiger partial charge < -0.3 is 14.8 Å². The van der Waals surface area contributed by atoms with E-state index in [4.69, 9.17) is 9.47 Å². The molecule has 9 nitrogen and oxygen atoms in total. The Morgan fingerprint density at radius 1 is 1.21 bits per heavy atom. The van der Waals surface area contributed by atoms with Crippen molar-refractivity contribution < 1.29 is 18.7 Å². The van der Waals surface area contributed by atoms with Crippen molar-refractivity contribution in [2.75, 3.05) is 19.5 Å². The molecule has 2 heterocycles. The fourth-order valence-electron chi connectivity index (χ4n) is 3.12. The number of carbonyl (C=O) groups excluding carboxylic acids is 1. The maximum atomic E-state index is 14.0. The van der Waals surface area contributed by atoms with E-state index in [1.807, 2.05) is 0 Å². The Balaban J connectivity index is 1.68. The van der Waals surface area contributed by atoms with Crippen LogP contribution in [0.3, 0.4) is 0 Å². The van der Waals surface area contributed by atoms with Crippen molar-refractivity contribution in [3.63, 3.8) is 0 Å². The molecule has 0 atom stereocenters. The molecule has 4 aromatic rings. The zero-order valence-electron chi connectivity index (χ0n) is 15.5. The third kappa shape index (κ3) is 3.14. The van der Waals surface area contributed by atoms with Crippen molar-refractivity contribution >= 4 is 33.4 Å². The number of hydrogen-bond acceptors (Lipinski definition) is 6. The van der Waals surface area contributed by atoms with Crippen molar-refractivity contribution in [1.29, 1.82) is 0 Å². The molecular weight excluding hydrogens is 381 g/mol. The first kappa shape index (κ1) is 18.4. The number of aromatic nitrogens is 4. The highest BCUT2D eigenvalue weighted by atomic mass is 19.1. The maximum Gasteiger partial charge on any atom is 0.279 e. The Labute approximate surface area is 163 Å². The van der Waals surface area contributed by atoms with Crippen LogP contribution < -0.4 is 20.3 Å². The van der Waals surface area contributed by atoms with Gasteiger partial charge in [-0.1, -0.05) is 6.07 Å². The van der Waals surface area contributed by atoms with Gasteiger partial charge >= 0.3 is 0 Å². The Morgan fingerprint density at radius 2 is 2.03 bits per heavy atom. The van der Waals surface area contributed by atoms with Crippen LogP contribution in [0.25, 0.3) is 21.7 Å². The van der Waals surface area contributed by atoms with Crippen LogP contribution >= 0.6 is 0 Å². The molecule has 0 saturated heterocycles. The second-order valence-corrected chi connectivity index (χ2v) is 6.16. The third-order valence-electron chi connectivity index (χ3n) is 4.45. The standard InChI is InChI=1S/C19H16FN5O4/c1-28-13-7-6-10-8-21-25(19(27)15(10)17(13)29-2)9-14(26)22-18-16-11(20)4-3-5-12(16)23-24-18/h3-8H,9H2,1-2H3,(H2,22,23,24,26). The summed E-state index contributed by atoms with van der Waals surface area (Å²) in [6, 6.07) is 7.77. The van der Waals surface area contributed by atoms with Gasteiger partial charge in [0.2, 0.25) is 5.91 Å². The van der Waals surface area contributed by atoms with Gasteiger partial charge in [-0.3, -0.25) is 14.7 Å².